The van der Waals surface area contributed by atoms with Crippen molar-refractivity contribution in [2.75, 3.05) is 5.32 Å². The van der Waals surface area contributed by atoms with Gasteiger partial charge in [-0.2, -0.15) is 0 Å². The van der Waals surface area contributed by atoms with Crippen LogP contribution in [0.3, 0.4) is 0 Å². The number of esters is 1. The first kappa shape index (κ1) is 17.5. The summed E-state index contributed by atoms with van der Waals surface area (Å²) >= 11 is 0. The quantitative estimate of drug-likeness (QED) is 0.505. The van der Waals surface area contributed by atoms with Crippen molar-refractivity contribution in [3.63, 3.8) is 0 Å². The van der Waals surface area contributed by atoms with Crippen LogP contribution in [0.2, 0.25) is 0 Å². The largest absolute Gasteiger partial charge is 0.444 e. The smallest absolute Gasteiger partial charge is 0.412 e. The number of fused-ring (bicyclic) bond motifs is 1. The highest BCUT2D eigenvalue weighted by atomic mass is 16.6. The van der Waals surface area contributed by atoms with Crippen molar-refractivity contribution >= 4 is 28.5 Å². The standard InChI is InChI=1S/C19H21NO4/c1-12(2)17(21)23-14-10-9-13-7-6-8-16(15(13)11-14)20-18(22)24-19(3,4)5/h6-11H,1H2,2-5H3,(H,20,22). The maximum Gasteiger partial charge on any atom is 0.412 e. The summed E-state index contributed by atoms with van der Waals surface area (Å²) in [4.78, 5) is 23.6. The number of hydrogen-bond acceptors (Lipinski definition) is 4. The molecule has 2 aromatic carbocycles. The van der Waals surface area contributed by atoms with E-state index >= 15 is 0 Å². The molecule has 0 radical (unpaired) electrons. The first-order valence-corrected chi connectivity index (χ1v) is 7.56. The Morgan fingerprint density at radius 3 is 2.46 bits per heavy atom. The van der Waals surface area contributed by atoms with E-state index in [0.29, 0.717) is 17.0 Å². The van der Waals surface area contributed by atoms with Gasteiger partial charge >= 0.3 is 12.1 Å². The first-order chi connectivity index (χ1) is 11.2. The summed E-state index contributed by atoms with van der Waals surface area (Å²) < 4.78 is 10.5. The van der Waals surface area contributed by atoms with Gasteiger partial charge in [-0.05, 0) is 51.3 Å². The third-order valence-electron chi connectivity index (χ3n) is 3.05. The summed E-state index contributed by atoms with van der Waals surface area (Å²) in [5.74, 6) is -0.110. The number of hydrogen-bond donors (Lipinski definition) is 1. The Bertz CT molecular complexity index is 803. The van der Waals surface area contributed by atoms with E-state index in [1.165, 1.54) is 0 Å². The van der Waals surface area contributed by atoms with Gasteiger partial charge in [0.05, 0.1) is 5.69 Å². The average Bonchev–Trinajstić information content (AvgIpc) is 2.45. The Morgan fingerprint density at radius 1 is 1.12 bits per heavy atom. The van der Waals surface area contributed by atoms with Crippen LogP contribution in [0.4, 0.5) is 10.5 Å². The second kappa shape index (κ2) is 6.74. The zero-order valence-corrected chi connectivity index (χ0v) is 14.3. The lowest BCUT2D eigenvalue weighted by Gasteiger charge is -2.20. The zero-order chi connectivity index (χ0) is 17.9. The van der Waals surface area contributed by atoms with Gasteiger partial charge < -0.3 is 9.47 Å². The van der Waals surface area contributed by atoms with E-state index < -0.39 is 17.7 Å². The van der Waals surface area contributed by atoms with Crippen LogP contribution >= 0.6 is 0 Å². The lowest BCUT2D eigenvalue weighted by Crippen LogP contribution is -2.27. The predicted octanol–water partition coefficient (Wildman–Crippen LogP) is 4.67. The van der Waals surface area contributed by atoms with E-state index in [-0.39, 0.29) is 0 Å². The van der Waals surface area contributed by atoms with Gasteiger partial charge in [-0.15, -0.1) is 0 Å². The summed E-state index contributed by atoms with van der Waals surface area (Å²) in [6, 6.07) is 10.7. The molecule has 0 aliphatic heterocycles. The molecule has 126 valence electrons. The van der Waals surface area contributed by atoms with Crippen molar-refractivity contribution in [3.8, 4) is 5.75 Å². The van der Waals surface area contributed by atoms with Crippen LogP contribution in [-0.4, -0.2) is 17.7 Å². The van der Waals surface area contributed by atoms with Gasteiger partial charge in [-0.25, -0.2) is 9.59 Å². The van der Waals surface area contributed by atoms with Crippen LogP contribution < -0.4 is 10.1 Å². The first-order valence-electron chi connectivity index (χ1n) is 7.56. The van der Waals surface area contributed by atoms with Crippen molar-refractivity contribution in [1.29, 1.82) is 0 Å². The van der Waals surface area contributed by atoms with Crippen LogP contribution in [-0.2, 0) is 9.53 Å². The SMILES string of the molecule is C=C(C)C(=O)Oc1ccc2cccc(NC(=O)OC(C)(C)C)c2c1. The summed E-state index contributed by atoms with van der Waals surface area (Å²) in [6.07, 6.45) is -0.542. The van der Waals surface area contributed by atoms with Crippen LogP contribution in [0.1, 0.15) is 27.7 Å². The third-order valence-corrected chi connectivity index (χ3v) is 3.05. The molecule has 2 aromatic rings. The van der Waals surface area contributed by atoms with E-state index in [9.17, 15) is 9.59 Å². The van der Waals surface area contributed by atoms with Gasteiger partial charge in [0.2, 0.25) is 0 Å². The molecule has 0 heterocycles. The van der Waals surface area contributed by atoms with Gasteiger partial charge in [0.1, 0.15) is 11.4 Å². The molecular weight excluding hydrogens is 306 g/mol. The molecule has 0 bridgehead atoms. The summed E-state index contributed by atoms with van der Waals surface area (Å²) in [5, 5.41) is 4.37. The topological polar surface area (TPSA) is 64.6 Å². The van der Waals surface area contributed by atoms with Crippen molar-refractivity contribution < 1.29 is 19.1 Å². The average molecular weight is 327 g/mol. The van der Waals surface area contributed by atoms with Crippen LogP contribution in [0.15, 0.2) is 48.6 Å². The number of carbonyl (C=O) groups excluding carboxylic acids is 2. The Balaban J connectivity index is 2.31. The molecule has 1 N–H and O–H groups in total. The Kier molecular flexibility index (Phi) is 4.93. The Morgan fingerprint density at radius 2 is 1.83 bits per heavy atom. The fourth-order valence-electron chi connectivity index (χ4n) is 2.03. The minimum absolute atomic E-state index is 0.315. The molecule has 0 aliphatic rings. The summed E-state index contributed by atoms with van der Waals surface area (Å²) in [7, 11) is 0. The maximum atomic E-state index is 12.0. The third kappa shape index (κ3) is 4.59. The fourth-order valence-corrected chi connectivity index (χ4v) is 2.03. The van der Waals surface area contributed by atoms with Crippen molar-refractivity contribution in [2.45, 2.75) is 33.3 Å². The summed E-state index contributed by atoms with van der Waals surface area (Å²) in [5.41, 5.74) is 0.307. The van der Waals surface area contributed by atoms with Gasteiger partial charge in [0.15, 0.2) is 0 Å². The number of anilines is 1. The lowest BCUT2D eigenvalue weighted by atomic mass is 10.1. The molecule has 1 amide bonds. The monoisotopic (exact) mass is 327 g/mol. The molecular formula is C19H21NO4. The number of nitrogens with one attached hydrogen (secondary N) is 1. The Hall–Kier alpha value is -2.82. The van der Waals surface area contributed by atoms with E-state index in [2.05, 4.69) is 11.9 Å². The zero-order valence-electron chi connectivity index (χ0n) is 14.3. The fraction of sp³-hybridized carbons (Fsp3) is 0.263. The molecule has 0 aromatic heterocycles. The molecule has 5 nitrogen and oxygen atoms in total. The minimum Gasteiger partial charge on any atom is -0.444 e. The van der Waals surface area contributed by atoms with E-state index in [1.54, 1.807) is 45.9 Å². The molecule has 0 saturated heterocycles. The van der Waals surface area contributed by atoms with E-state index in [1.807, 2.05) is 18.2 Å². The van der Waals surface area contributed by atoms with Crippen molar-refractivity contribution in [2.24, 2.45) is 0 Å². The normalized spacial score (nSPS) is 11.0. The highest BCUT2D eigenvalue weighted by molar-refractivity contribution is 6.01. The number of benzene rings is 2. The molecule has 0 aliphatic carbocycles. The molecule has 24 heavy (non-hydrogen) atoms. The minimum atomic E-state index is -0.586. The van der Waals surface area contributed by atoms with Crippen LogP contribution in [0.25, 0.3) is 10.8 Å². The van der Waals surface area contributed by atoms with E-state index in [4.69, 9.17) is 9.47 Å². The maximum absolute atomic E-state index is 12.0. The van der Waals surface area contributed by atoms with Gasteiger partial charge in [-0.3, -0.25) is 5.32 Å². The molecule has 5 heteroatoms. The van der Waals surface area contributed by atoms with Crippen molar-refractivity contribution in [1.82, 2.24) is 0 Å². The molecule has 0 unspecified atom stereocenters. The van der Waals surface area contributed by atoms with Gasteiger partial charge in [0, 0.05) is 11.0 Å². The molecule has 0 saturated carbocycles. The lowest BCUT2D eigenvalue weighted by molar-refractivity contribution is -0.130. The van der Waals surface area contributed by atoms with Crippen LogP contribution in [0.5, 0.6) is 5.75 Å². The highest BCUT2D eigenvalue weighted by Gasteiger charge is 2.17. The number of carbonyl (C=O) groups is 2. The number of rotatable bonds is 3. The van der Waals surface area contributed by atoms with Crippen LogP contribution in [0, 0.1) is 0 Å². The van der Waals surface area contributed by atoms with E-state index in [0.717, 1.165) is 10.8 Å². The Labute approximate surface area is 141 Å². The number of amides is 1. The molecule has 0 fully saturated rings. The van der Waals surface area contributed by atoms with Gasteiger partial charge in [-0.1, -0.05) is 24.8 Å². The highest BCUT2D eigenvalue weighted by Crippen LogP contribution is 2.28. The molecule has 2 rings (SSSR count). The molecule has 0 spiro atoms. The molecule has 0 atom stereocenters. The number of ether oxygens (including phenoxy) is 2. The van der Waals surface area contributed by atoms with Crippen molar-refractivity contribution in [3.05, 3.63) is 48.6 Å². The predicted molar refractivity (Wildman–Crippen MR) is 94.3 cm³/mol. The van der Waals surface area contributed by atoms with Gasteiger partial charge in [0.25, 0.3) is 0 Å². The second-order valence-corrected chi connectivity index (χ2v) is 6.49. The summed E-state index contributed by atoms with van der Waals surface area (Å²) in [6.45, 7) is 10.5. The second-order valence-electron chi connectivity index (χ2n) is 6.49.